The maximum atomic E-state index is 12.4. The number of carbonyl (C=O) groups excluding carboxylic acids is 2. The highest BCUT2D eigenvalue weighted by Gasteiger charge is 2.12. The fourth-order valence-corrected chi connectivity index (χ4v) is 2.89. The van der Waals surface area contributed by atoms with E-state index in [0.717, 1.165) is 11.1 Å². The molecule has 2 N–H and O–H groups in total. The van der Waals surface area contributed by atoms with Gasteiger partial charge in [-0.3, -0.25) is 9.59 Å². The summed E-state index contributed by atoms with van der Waals surface area (Å²) in [6.07, 6.45) is 1.45. The number of hydrogen-bond donors (Lipinski definition) is 2. The molecule has 3 rings (SSSR count). The van der Waals surface area contributed by atoms with E-state index in [0.29, 0.717) is 23.5 Å². The summed E-state index contributed by atoms with van der Waals surface area (Å²) in [6, 6.07) is 25.7. The summed E-state index contributed by atoms with van der Waals surface area (Å²) in [5, 5.41) is 15.0. The Morgan fingerprint density at radius 2 is 1.66 bits per heavy atom. The minimum atomic E-state index is -0.483. The summed E-state index contributed by atoms with van der Waals surface area (Å²) in [6.45, 7) is 2.08. The van der Waals surface area contributed by atoms with Crippen LogP contribution in [0.15, 0.2) is 84.4 Å². The van der Waals surface area contributed by atoms with Gasteiger partial charge in [-0.2, -0.15) is 5.26 Å². The lowest BCUT2D eigenvalue weighted by molar-refractivity contribution is -0.118. The number of hydrogen-bond acceptors (Lipinski definition) is 4. The van der Waals surface area contributed by atoms with Crippen LogP contribution in [0.5, 0.6) is 5.75 Å². The van der Waals surface area contributed by atoms with Crippen molar-refractivity contribution >= 4 is 23.6 Å². The number of rotatable bonds is 8. The Labute approximate surface area is 187 Å². The van der Waals surface area contributed by atoms with Crippen LogP contribution in [0.3, 0.4) is 0 Å². The van der Waals surface area contributed by atoms with Gasteiger partial charge < -0.3 is 15.4 Å². The molecule has 32 heavy (non-hydrogen) atoms. The van der Waals surface area contributed by atoms with E-state index in [2.05, 4.69) is 10.6 Å². The molecule has 3 aromatic rings. The molecule has 0 heterocycles. The maximum Gasteiger partial charge on any atom is 0.262 e. The first kappa shape index (κ1) is 22.3. The number of ether oxygens (including phenoxy) is 1. The SMILES string of the molecule is Cc1ccc(NC(=O)COc2ccccc2/C=C(\C#N)C(=O)NCc2ccccc2)cc1. The Morgan fingerprint density at radius 3 is 2.38 bits per heavy atom. The third-order valence-electron chi connectivity index (χ3n) is 4.57. The van der Waals surface area contributed by atoms with Crippen LogP contribution in [0.1, 0.15) is 16.7 Å². The number of carbonyl (C=O) groups is 2. The van der Waals surface area contributed by atoms with E-state index >= 15 is 0 Å². The fraction of sp³-hybridized carbons (Fsp3) is 0.115. The number of nitrogens with one attached hydrogen (secondary N) is 2. The van der Waals surface area contributed by atoms with Gasteiger partial charge in [-0.15, -0.1) is 0 Å². The molecule has 0 aromatic heterocycles. The maximum absolute atomic E-state index is 12.4. The largest absolute Gasteiger partial charge is 0.483 e. The van der Waals surface area contributed by atoms with Crippen molar-refractivity contribution in [1.29, 1.82) is 5.26 Å². The molecule has 6 nitrogen and oxygen atoms in total. The molecule has 6 heteroatoms. The molecule has 0 spiro atoms. The molecule has 0 aliphatic rings. The Morgan fingerprint density at radius 1 is 0.969 bits per heavy atom. The van der Waals surface area contributed by atoms with Crippen LogP contribution in [0.2, 0.25) is 0 Å². The highest BCUT2D eigenvalue weighted by molar-refractivity contribution is 6.02. The first-order valence-electron chi connectivity index (χ1n) is 10.1. The second-order valence-corrected chi connectivity index (χ2v) is 7.08. The monoisotopic (exact) mass is 425 g/mol. The van der Waals surface area contributed by atoms with Crippen molar-refractivity contribution in [3.63, 3.8) is 0 Å². The van der Waals surface area contributed by atoms with Crippen molar-refractivity contribution in [3.05, 3.63) is 101 Å². The van der Waals surface area contributed by atoms with Gasteiger partial charge in [0.05, 0.1) is 0 Å². The molecule has 0 aliphatic carbocycles. The average molecular weight is 425 g/mol. The van der Waals surface area contributed by atoms with Gasteiger partial charge in [-0.25, -0.2) is 0 Å². The topological polar surface area (TPSA) is 91.2 Å². The second-order valence-electron chi connectivity index (χ2n) is 7.08. The van der Waals surface area contributed by atoms with Gasteiger partial charge in [0.1, 0.15) is 17.4 Å². The summed E-state index contributed by atoms with van der Waals surface area (Å²) in [5.41, 5.74) is 3.19. The lowest BCUT2D eigenvalue weighted by Gasteiger charge is -2.10. The molecule has 0 saturated carbocycles. The standard InChI is InChI=1S/C26H23N3O3/c1-19-11-13-23(14-12-19)29-25(30)18-32-24-10-6-5-9-21(24)15-22(16-27)26(31)28-17-20-7-3-2-4-8-20/h2-15H,17-18H2,1H3,(H,28,31)(H,29,30)/b22-15+. The Hall–Kier alpha value is -4.37. The lowest BCUT2D eigenvalue weighted by Crippen LogP contribution is -2.24. The average Bonchev–Trinajstić information content (AvgIpc) is 2.82. The Balaban J connectivity index is 1.64. The molecule has 2 amide bonds. The van der Waals surface area contributed by atoms with Crippen LogP contribution in [0, 0.1) is 18.3 Å². The molecule has 0 atom stereocenters. The summed E-state index contributed by atoms with van der Waals surface area (Å²) in [4.78, 5) is 24.7. The highest BCUT2D eigenvalue weighted by Crippen LogP contribution is 2.21. The van der Waals surface area contributed by atoms with Crippen molar-refractivity contribution in [2.75, 3.05) is 11.9 Å². The van der Waals surface area contributed by atoms with Gasteiger partial charge in [0.15, 0.2) is 6.61 Å². The highest BCUT2D eigenvalue weighted by atomic mass is 16.5. The molecule has 160 valence electrons. The number of nitriles is 1. The van der Waals surface area contributed by atoms with Gasteiger partial charge in [0.2, 0.25) is 0 Å². The number of amides is 2. The third kappa shape index (κ3) is 6.57. The predicted octanol–water partition coefficient (Wildman–Crippen LogP) is 4.24. The zero-order chi connectivity index (χ0) is 22.8. The number of anilines is 1. The van der Waals surface area contributed by atoms with Gasteiger partial charge in [0, 0.05) is 17.8 Å². The molecule has 3 aromatic carbocycles. The smallest absolute Gasteiger partial charge is 0.262 e. The van der Waals surface area contributed by atoms with E-state index in [1.54, 1.807) is 24.3 Å². The molecule has 0 fully saturated rings. The lowest BCUT2D eigenvalue weighted by atomic mass is 10.1. The van der Waals surface area contributed by atoms with Crippen molar-refractivity contribution in [1.82, 2.24) is 5.32 Å². The van der Waals surface area contributed by atoms with Gasteiger partial charge in [-0.05, 0) is 36.8 Å². The first-order valence-corrected chi connectivity index (χ1v) is 10.1. The molecule has 0 bridgehead atoms. The normalized spacial score (nSPS) is 10.7. The van der Waals surface area contributed by atoms with Crippen LogP contribution >= 0.6 is 0 Å². The van der Waals surface area contributed by atoms with Crippen LogP contribution in [-0.4, -0.2) is 18.4 Å². The van der Waals surface area contributed by atoms with Crippen LogP contribution in [-0.2, 0) is 16.1 Å². The zero-order valence-corrected chi connectivity index (χ0v) is 17.7. The van der Waals surface area contributed by atoms with Crippen molar-refractivity contribution in [3.8, 4) is 11.8 Å². The minimum absolute atomic E-state index is 0.0545. The van der Waals surface area contributed by atoms with E-state index in [-0.39, 0.29) is 18.1 Å². The molecule has 0 aliphatic heterocycles. The Bertz CT molecular complexity index is 1150. The quantitative estimate of drug-likeness (QED) is 0.417. The van der Waals surface area contributed by atoms with E-state index in [1.807, 2.05) is 67.6 Å². The van der Waals surface area contributed by atoms with Crippen LogP contribution in [0.25, 0.3) is 6.08 Å². The number of benzene rings is 3. The van der Waals surface area contributed by atoms with Crippen LogP contribution in [0.4, 0.5) is 5.69 Å². The number of para-hydroxylation sites is 1. The number of nitrogens with zero attached hydrogens (tertiary/aromatic N) is 1. The van der Waals surface area contributed by atoms with Crippen molar-refractivity contribution in [2.45, 2.75) is 13.5 Å². The van der Waals surface area contributed by atoms with Crippen molar-refractivity contribution < 1.29 is 14.3 Å². The van der Waals surface area contributed by atoms with Gasteiger partial charge >= 0.3 is 0 Å². The fourth-order valence-electron chi connectivity index (χ4n) is 2.89. The van der Waals surface area contributed by atoms with E-state index in [1.165, 1.54) is 6.08 Å². The Kier molecular flexibility index (Phi) is 7.77. The molecule has 0 radical (unpaired) electrons. The van der Waals surface area contributed by atoms with Crippen LogP contribution < -0.4 is 15.4 Å². The molecular weight excluding hydrogens is 402 g/mol. The summed E-state index contributed by atoms with van der Waals surface area (Å²) < 4.78 is 5.65. The minimum Gasteiger partial charge on any atom is -0.483 e. The summed E-state index contributed by atoms with van der Waals surface area (Å²) in [7, 11) is 0. The van der Waals surface area contributed by atoms with E-state index < -0.39 is 5.91 Å². The van der Waals surface area contributed by atoms with E-state index in [9.17, 15) is 14.9 Å². The van der Waals surface area contributed by atoms with Crippen molar-refractivity contribution in [2.24, 2.45) is 0 Å². The summed E-state index contributed by atoms with van der Waals surface area (Å²) >= 11 is 0. The van der Waals surface area contributed by atoms with Gasteiger partial charge in [-0.1, -0.05) is 66.2 Å². The van der Waals surface area contributed by atoms with Gasteiger partial charge in [0.25, 0.3) is 11.8 Å². The first-order chi connectivity index (χ1) is 15.5. The number of aryl methyl sites for hydroxylation is 1. The molecule has 0 saturated heterocycles. The predicted molar refractivity (Wildman–Crippen MR) is 124 cm³/mol. The zero-order valence-electron chi connectivity index (χ0n) is 17.7. The summed E-state index contributed by atoms with van der Waals surface area (Å²) in [5.74, 6) is -0.396. The van der Waals surface area contributed by atoms with E-state index in [4.69, 9.17) is 4.74 Å². The second kappa shape index (κ2) is 11.1. The molecular formula is C26H23N3O3. The molecule has 0 unspecified atom stereocenters. The third-order valence-corrected chi connectivity index (χ3v) is 4.57.